The fraction of sp³-hybridized carbons (Fsp3) is 0.417. The molecule has 4 nitrogen and oxygen atoms in total. The predicted molar refractivity (Wildman–Crippen MR) is 62.6 cm³/mol. The van der Waals surface area contributed by atoms with E-state index in [9.17, 15) is 4.79 Å². The lowest BCUT2D eigenvalue weighted by Crippen LogP contribution is -2.29. The summed E-state index contributed by atoms with van der Waals surface area (Å²) in [6, 6.07) is 7.82. The third kappa shape index (κ3) is 2.02. The molecular weight excluding hydrogens is 204 g/mol. The molecule has 1 aromatic rings. The minimum absolute atomic E-state index is 0.0427. The molecule has 86 valence electrons. The summed E-state index contributed by atoms with van der Waals surface area (Å²) in [5.74, 6) is 0. The third-order valence-electron chi connectivity index (χ3n) is 2.84. The number of nitrogens with zero attached hydrogens (tertiary/aromatic N) is 2. The minimum atomic E-state index is 0.0427. The number of benzene rings is 1. The van der Waals surface area contributed by atoms with Gasteiger partial charge < -0.3 is 10.0 Å². The molecule has 1 N–H and O–H groups in total. The van der Waals surface area contributed by atoms with Crippen LogP contribution < -0.4 is 4.90 Å². The van der Waals surface area contributed by atoms with Crippen LogP contribution in [0.25, 0.3) is 0 Å². The van der Waals surface area contributed by atoms with Gasteiger partial charge in [-0.1, -0.05) is 12.1 Å². The van der Waals surface area contributed by atoms with Crippen molar-refractivity contribution < 1.29 is 9.90 Å². The third-order valence-corrected chi connectivity index (χ3v) is 2.84. The van der Waals surface area contributed by atoms with E-state index in [2.05, 4.69) is 0 Å². The Balaban J connectivity index is 2.20. The standard InChI is InChI=1S/C12H16N2O2/c1-13-6-7-14(12(13)16)11-4-2-3-10(9-11)5-8-15/h2-4,9,15H,5-8H2,1H3. The van der Waals surface area contributed by atoms with Gasteiger partial charge in [-0.2, -0.15) is 0 Å². The van der Waals surface area contributed by atoms with E-state index in [1.807, 2.05) is 24.3 Å². The van der Waals surface area contributed by atoms with Crippen molar-refractivity contribution in [3.05, 3.63) is 29.8 Å². The molecule has 1 saturated heterocycles. The Morgan fingerprint density at radius 1 is 1.38 bits per heavy atom. The van der Waals surface area contributed by atoms with E-state index in [1.54, 1.807) is 16.8 Å². The van der Waals surface area contributed by atoms with Gasteiger partial charge in [0.15, 0.2) is 0 Å². The van der Waals surface area contributed by atoms with Gasteiger partial charge in [0, 0.05) is 32.4 Å². The normalized spacial score (nSPS) is 16.0. The average Bonchev–Trinajstić information content (AvgIpc) is 2.61. The zero-order valence-corrected chi connectivity index (χ0v) is 9.39. The van der Waals surface area contributed by atoms with Crippen LogP contribution in [0.5, 0.6) is 0 Å². The smallest absolute Gasteiger partial charge is 0.324 e. The van der Waals surface area contributed by atoms with Crippen LogP contribution in [0.1, 0.15) is 5.56 Å². The summed E-state index contributed by atoms with van der Waals surface area (Å²) in [4.78, 5) is 15.2. The topological polar surface area (TPSA) is 43.8 Å². The largest absolute Gasteiger partial charge is 0.396 e. The van der Waals surface area contributed by atoms with Crippen LogP contribution in [0.15, 0.2) is 24.3 Å². The van der Waals surface area contributed by atoms with Crippen LogP contribution in [0, 0.1) is 0 Å². The minimum Gasteiger partial charge on any atom is -0.396 e. The molecule has 1 heterocycles. The fourth-order valence-corrected chi connectivity index (χ4v) is 1.90. The van der Waals surface area contributed by atoms with Crippen molar-refractivity contribution in [3.63, 3.8) is 0 Å². The number of carbonyl (C=O) groups excluding carboxylic acids is 1. The molecular formula is C12H16N2O2. The highest BCUT2D eigenvalue weighted by atomic mass is 16.3. The Bertz CT molecular complexity index is 392. The summed E-state index contributed by atoms with van der Waals surface area (Å²) in [5, 5.41) is 8.88. The van der Waals surface area contributed by atoms with Gasteiger partial charge in [0.05, 0.1) is 0 Å². The van der Waals surface area contributed by atoms with E-state index in [4.69, 9.17) is 5.11 Å². The maximum absolute atomic E-state index is 11.8. The van der Waals surface area contributed by atoms with Gasteiger partial charge in [0.1, 0.15) is 0 Å². The van der Waals surface area contributed by atoms with Gasteiger partial charge >= 0.3 is 6.03 Å². The van der Waals surface area contributed by atoms with Gasteiger partial charge in [0.25, 0.3) is 0 Å². The number of hydrogen-bond acceptors (Lipinski definition) is 2. The Kier molecular flexibility index (Phi) is 3.10. The zero-order chi connectivity index (χ0) is 11.5. The molecule has 1 aliphatic heterocycles. The zero-order valence-electron chi connectivity index (χ0n) is 9.39. The van der Waals surface area contributed by atoms with E-state index in [0.29, 0.717) is 6.42 Å². The molecule has 0 atom stereocenters. The molecule has 4 heteroatoms. The number of urea groups is 1. The first-order chi connectivity index (χ1) is 7.72. The van der Waals surface area contributed by atoms with Crippen LogP contribution >= 0.6 is 0 Å². The number of aliphatic hydroxyl groups is 1. The number of carbonyl (C=O) groups is 1. The lowest BCUT2D eigenvalue weighted by molar-refractivity contribution is 0.229. The predicted octanol–water partition coefficient (Wildman–Crippen LogP) is 1.09. The number of anilines is 1. The molecule has 1 fully saturated rings. The summed E-state index contributed by atoms with van der Waals surface area (Å²) in [6.45, 7) is 1.64. The Morgan fingerprint density at radius 2 is 2.19 bits per heavy atom. The highest BCUT2D eigenvalue weighted by Crippen LogP contribution is 2.20. The van der Waals surface area contributed by atoms with Crippen LogP contribution in [0.3, 0.4) is 0 Å². The van der Waals surface area contributed by atoms with Crippen molar-refractivity contribution in [2.45, 2.75) is 6.42 Å². The van der Waals surface area contributed by atoms with Crippen molar-refractivity contribution in [2.75, 3.05) is 31.6 Å². The number of hydrogen-bond donors (Lipinski definition) is 1. The van der Waals surface area contributed by atoms with Crippen LogP contribution in [-0.2, 0) is 6.42 Å². The molecule has 0 aliphatic carbocycles. The van der Waals surface area contributed by atoms with Crippen molar-refractivity contribution in [1.82, 2.24) is 4.90 Å². The summed E-state index contributed by atoms with van der Waals surface area (Å²) >= 11 is 0. The van der Waals surface area contributed by atoms with Gasteiger partial charge in [0.2, 0.25) is 0 Å². The molecule has 16 heavy (non-hydrogen) atoms. The second-order valence-electron chi connectivity index (χ2n) is 4.00. The molecule has 2 rings (SSSR count). The number of amides is 2. The second kappa shape index (κ2) is 4.53. The van der Waals surface area contributed by atoms with Crippen molar-refractivity contribution >= 4 is 11.7 Å². The monoisotopic (exact) mass is 220 g/mol. The summed E-state index contributed by atoms with van der Waals surface area (Å²) in [6.07, 6.45) is 0.631. The van der Waals surface area contributed by atoms with Crippen LogP contribution in [0.2, 0.25) is 0 Å². The average molecular weight is 220 g/mol. The summed E-state index contributed by atoms with van der Waals surface area (Å²) < 4.78 is 0. The van der Waals surface area contributed by atoms with E-state index in [0.717, 1.165) is 24.3 Å². The quantitative estimate of drug-likeness (QED) is 0.828. The van der Waals surface area contributed by atoms with E-state index in [-0.39, 0.29) is 12.6 Å². The van der Waals surface area contributed by atoms with Gasteiger partial charge in [-0.05, 0) is 24.1 Å². The van der Waals surface area contributed by atoms with Gasteiger partial charge in [-0.3, -0.25) is 4.90 Å². The number of rotatable bonds is 3. The van der Waals surface area contributed by atoms with Crippen LogP contribution in [0.4, 0.5) is 10.5 Å². The maximum Gasteiger partial charge on any atom is 0.324 e. The van der Waals surface area contributed by atoms with E-state index < -0.39 is 0 Å². The first-order valence-corrected chi connectivity index (χ1v) is 5.45. The first-order valence-electron chi connectivity index (χ1n) is 5.45. The lowest BCUT2D eigenvalue weighted by atomic mass is 10.1. The highest BCUT2D eigenvalue weighted by Gasteiger charge is 2.26. The lowest BCUT2D eigenvalue weighted by Gasteiger charge is -2.16. The molecule has 0 bridgehead atoms. The Hall–Kier alpha value is -1.55. The number of likely N-dealkylation sites (N-methyl/N-ethyl adjacent to an activating group) is 1. The molecule has 0 aromatic heterocycles. The first kappa shape index (κ1) is 11.0. The Labute approximate surface area is 95.1 Å². The SMILES string of the molecule is CN1CCN(c2cccc(CCO)c2)C1=O. The fourth-order valence-electron chi connectivity index (χ4n) is 1.90. The van der Waals surface area contributed by atoms with E-state index >= 15 is 0 Å². The van der Waals surface area contributed by atoms with Crippen molar-refractivity contribution in [1.29, 1.82) is 0 Å². The van der Waals surface area contributed by atoms with Crippen LogP contribution in [-0.4, -0.2) is 42.8 Å². The van der Waals surface area contributed by atoms with Crippen molar-refractivity contribution in [3.8, 4) is 0 Å². The van der Waals surface area contributed by atoms with E-state index in [1.165, 1.54) is 0 Å². The maximum atomic E-state index is 11.8. The second-order valence-corrected chi connectivity index (χ2v) is 4.00. The summed E-state index contributed by atoms with van der Waals surface area (Å²) in [5.41, 5.74) is 1.97. The molecule has 0 radical (unpaired) electrons. The molecule has 1 aliphatic rings. The molecule has 0 unspecified atom stereocenters. The molecule has 2 amide bonds. The molecule has 0 saturated carbocycles. The molecule has 1 aromatic carbocycles. The highest BCUT2D eigenvalue weighted by molar-refractivity contribution is 5.93. The van der Waals surface area contributed by atoms with Gasteiger partial charge in [-0.25, -0.2) is 4.79 Å². The van der Waals surface area contributed by atoms with Crippen molar-refractivity contribution in [2.24, 2.45) is 0 Å². The Morgan fingerprint density at radius 3 is 2.81 bits per heavy atom. The molecule has 0 spiro atoms. The summed E-state index contributed by atoms with van der Waals surface area (Å²) in [7, 11) is 1.81. The number of aliphatic hydroxyl groups excluding tert-OH is 1. The van der Waals surface area contributed by atoms with Gasteiger partial charge in [-0.15, -0.1) is 0 Å².